The van der Waals surface area contributed by atoms with Crippen molar-refractivity contribution in [2.75, 3.05) is 45.9 Å². The molecular weight excluding hydrogens is 202 g/mol. The fraction of sp³-hybridized carbons (Fsp3) is 0.917. The van der Waals surface area contributed by atoms with Gasteiger partial charge in [0.2, 0.25) is 0 Å². The van der Waals surface area contributed by atoms with E-state index in [1.807, 2.05) is 0 Å². The van der Waals surface area contributed by atoms with Gasteiger partial charge in [-0.25, -0.2) is 0 Å². The Balaban J connectivity index is 1.98. The van der Waals surface area contributed by atoms with Gasteiger partial charge in [-0.2, -0.15) is 5.26 Å². The van der Waals surface area contributed by atoms with Gasteiger partial charge < -0.3 is 10.0 Å². The molecule has 0 aromatic rings. The molecule has 1 aliphatic heterocycles. The molecule has 1 fully saturated rings. The molecule has 16 heavy (non-hydrogen) atoms. The molecular formula is C12H23N3O. The molecule has 0 aromatic carbocycles. The number of aliphatic hydroxyl groups excluding tert-OH is 1. The third-order valence-corrected chi connectivity index (χ3v) is 3.14. The lowest BCUT2D eigenvalue weighted by atomic mass is 10.2. The smallest absolute Gasteiger partial charge is 0.0866 e. The Morgan fingerprint density at radius 2 is 1.56 bits per heavy atom. The van der Waals surface area contributed by atoms with Crippen molar-refractivity contribution in [1.82, 2.24) is 9.80 Å². The van der Waals surface area contributed by atoms with Crippen LogP contribution in [0.3, 0.4) is 0 Å². The summed E-state index contributed by atoms with van der Waals surface area (Å²) in [5.41, 5.74) is 0. The Morgan fingerprint density at radius 1 is 0.938 bits per heavy atom. The Morgan fingerprint density at radius 3 is 2.19 bits per heavy atom. The van der Waals surface area contributed by atoms with Crippen molar-refractivity contribution in [2.45, 2.75) is 25.7 Å². The summed E-state index contributed by atoms with van der Waals surface area (Å²) in [7, 11) is 0. The molecule has 0 aromatic heterocycles. The largest absolute Gasteiger partial charge is 0.396 e. The van der Waals surface area contributed by atoms with Crippen molar-refractivity contribution in [2.24, 2.45) is 0 Å². The lowest BCUT2D eigenvalue weighted by molar-refractivity contribution is 0.141. The topological polar surface area (TPSA) is 50.5 Å². The predicted octanol–water partition coefficient (Wildman–Crippen LogP) is 0.680. The van der Waals surface area contributed by atoms with E-state index in [-0.39, 0.29) is 0 Å². The molecule has 1 saturated heterocycles. The van der Waals surface area contributed by atoms with Crippen LogP contribution in [-0.4, -0.2) is 60.8 Å². The van der Waals surface area contributed by atoms with Crippen molar-refractivity contribution >= 4 is 0 Å². The molecule has 4 nitrogen and oxygen atoms in total. The number of hydrogen-bond donors (Lipinski definition) is 1. The Bertz CT molecular complexity index is 207. The van der Waals surface area contributed by atoms with E-state index < -0.39 is 0 Å². The van der Waals surface area contributed by atoms with E-state index >= 15 is 0 Å². The maximum atomic E-state index is 8.65. The molecule has 4 heteroatoms. The Labute approximate surface area is 98.5 Å². The fourth-order valence-corrected chi connectivity index (χ4v) is 2.07. The average Bonchev–Trinajstić information content (AvgIpc) is 2.31. The van der Waals surface area contributed by atoms with Gasteiger partial charge in [0, 0.05) is 32.8 Å². The van der Waals surface area contributed by atoms with Crippen LogP contribution in [0.25, 0.3) is 0 Å². The van der Waals surface area contributed by atoms with E-state index in [4.69, 9.17) is 10.4 Å². The first-order valence-corrected chi connectivity index (χ1v) is 6.29. The molecule has 0 saturated carbocycles. The zero-order chi connectivity index (χ0) is 11.6. The van der Waals surface area contributed by atoms with Crippen LogP contribution in [0.5, 0.6) is 0 Å². The van der Waals surface area contributed by atoms with Gasteiger partial charge in [0.15, 0.2) is 0 Å². The summed E-state index contributed by atoms with van der Waals surface area (Å²) in [4.78, 5) is 4.69. The van der Waals surface area contributed by atoms with Crippen molar-refractivity contribution < 1.29 is 5.11 Å². The van der Waals surface area contributed by atoms with Crippen LogP contribution in [0.2, 0.25) is 0 Å². The first-order chi connectivity index (χ1) is 7.86. The highest BCUT2D eigenvalue weighted by atomic mass is 16.2. The summed E-state index contributed by atoms with van der Waals surface area (Å²) in [6, 6.07) is 2.20. The second kappa shape index (κ2) is 8.51. The standard InChI is InChI=1S/C12H23N3O/c13-5-7-15-10-8-14(9-11-15)6-3-1-2-4-12-16/h16H,1-4,6-12H2. The zero-order valence-corrected chi connectivity index (χ0v) is 10.1. The minimum absolute atomic E-state index is 0.326. The van der Waals surface area contributed by atoms with Gasteiger partial charge >= 0.3 is 0 Å². The second-order valence-corrected chi connectivity index (χ2v) is 4.41. The number of unbranched alkanes of at least 4 members (excludes halogenated alkanes) is 3. The maximum Gasteiger partial charge on any atom is 0.0866 e. The van der Waals surface area contributed by atoms with Crippen LogP contribution in [-0.2, 0) is 0 Å². The van der Waals surface area contributed by atoms with Gasteiger partial charge in [0.25, 0.3) is 0 Å². The Kier molecular flexibility index (Phi) is 7.15. The van der Waals surface area contributed by atoms with Crippen LogP contribution in [0.4, 0.5) is 0 Å². The van der Waals surface area contributed by atoms with E-state index in [0.29, 0.717) is 13.2 Å². The molecule has 0 unspecified atom stereocenters. The van der Waals surface area contributed by atoms with Crippen molar-refractivity contribution in [3.63, 3.8) is 0 Å². The zero-order valence-electron chi connectivity index (χ0n) is 10.1. The van der Waals surface area contributed by atoms with E-state index in [9.17, 15) is 0 Å². The third-order valence-electron chi connectivity index (χ3n) is 3.14. The third kappa shape index (κ3) is 5.45. The summed E-state index contributed by atoms with van der Waals surface area (Å²) in [6.45, 7) is 6.33. The van der Waals surface area contributed by atoms with E-state index in [2.05, 4.69) is 15.9 Å². The Hall–Kier alpha value is -0.630. The second-order valence-electron chi connectivity index (χ2n) is 4.41. The van der Waals surface area contributed by atoms with Crippen molar-refractivity contribution in [1.29, 1.82) is 5.26 Å². The van der Waals surface area contributed by atoms with Crippen LogP contribution in [0.1, 0.15) is 25.7 Å². The number of nitrogens with zero attached hydrogens (tertiary/aromatic N) is 3. The summed E-state index contributed by atoms with van der Waals surface area (Å²) < 4.78 is 0. The SMILES string of the molecule is N#CCN1CCN(CCCCCCO)CC1. The van der Waals surface area contributed by atoms with E-state index in [1.165, 1.54) is 19.4 Å². The first-order valence-electron chi connectivity index (χ1n) is 6.29. The molecule has 0 spiro atoms. The lowest BCUT2D eigenvalue weighted by Gasteiger charge is -2.33. The number of aliphatic hydroxyl groups is 1. The quantitative estimate of drug-likeness (QED) is 0.511. The van der Waals surface area contributed by atoms with Crippen LogP contribution in [0.15, 0.2) is 0 Å². The summed E-state index contributed by atoms with van der Waals surface area (Å²) in [6.07, 6.45) is 4.54. The van der Waals surface area contributed by atoms with Gasteiger partial charge in [0.1, 0.15) is 0 Å². The molecule has 92 valence electrons. The molecule has 0 amide bonds. The minimum Gasteiger partial charge on any atom is -0.396 e. The number of hydrogen-bond acceptors (Lipinski definition) is 4. The highest BCUT2D eigenvalue weighted by Gasteiger charge is 2.15. The molecule has 1 heterocycles. The normalized spacial score (nSPS) is 18.5. The lowest BCUT2D eigenvalue weighted by Crippen LogP contribution is -2.46. The summed E-state index contributed by atoms with van der Waals surface area (Å²) >= 11 is 0. The van der Waals surface area contributed by atoms with Gasteiger partial charge in [-0.3, -0.25) is 4.90 Å². The average molecular weight is 225 g/mol. The molecule has 1 rings (SSSR count). The van der Waals surface area contributed by atoms with Gasteiger partial charge in [-0.05, 0) is 19.4 Å². The van der Waals surface area contributed by atoms with Crippen LogP contribution in [0, 0.1) is 11.3 Å². The van der Waals surface area contributed by atoms with Gasteiger partial charge in [-0.1, -0.05) is 12.8 Å². The maximum absolute atomic E-state index is 8.65. The molecule has 0 aliphatic carbocycles. The van der Waals surface area contributed by atoms with Crippen LogP contribution >= 0.6 is 0 Å². The van der Waals surface area contributed by atoms with Gasteiger partial charge in [-0.15, -0.1) is 0 Å². The minimum atomic E-state index is 0.326. The molecule has 0 bridgehead atoms. The predicted molar refractivity (Wildman–Crippen MR) is 64.0 cm³/mol. The van der Waals surface area contributed by atoms with Crippen LogP contribution < -0.4 is 0 Å². The summed E-state index contributed by atoms with van der Waals surface area (Å²) in [5, 5.41) is 17.2. The number of nitriles is 1. The molecule has 1 N–H and O–H groups in total. The fourth-order valence-electron chi connectivity index (χ4n) is 2.07. The van der Waals surface area contributed by atoms with Crippen molar-refractivity contribution in [3.05, 3.63) is 0 Å². The first kappa shape index (κ1) is 13.4. The number of piperazine rings is 1. The molecule has 0 atom stereocenters. The highest BCUT2D eigenvalue weighted by Crippen LogP contribution is 2.05. The molecule has 0 radical (unpaired) electrons. The molecule has 1 aliphatic rings. The van der Waals surface area contributed by atoms with E-state index in [0.717, 1.165) is 39.0 Å². The highest BCUT2D eigenvalue weighted by molar-refractivity contribution is 4.80. The monoisotopic (exact) mass is 225 g/mol. The van der Waals surface area contributed by atoms with Crippen molar-refractivity contribution in [3.8, 4) is 6.07 Å². The number of rotatable bonds is 7. The summed E-state index contributed by atoms with van der Waals surface area (Å²) in [5.74, 6) is 0. The van der Waals surface area contributed by atoms with E-state index in [1.54, 1.807) is 0 Å². The van der Waals surface area contributed by atoms with Gasteiger partial charge in [0.05, 0.1) is 12.6 Å².